The zero-order valence-corrected chi connectivity index (χ0v) is 10.3. The molecule has 16 heavy (non-hydrogen) atoms. The molecule has 6 nitrogen and oxygen atoms in total. The number of primary amides is 1. The summed E-state index contributed by atoms with van der Waals surface area (Å²) in [5, 5.41) is 7.44. The van der Waals surface area contributed by atoms with Gasteiger partial charge in [-0.05, 0) is 13.3 Å². The van der Waals surface area contributed by atoms with E-state index in [0.29, 0.717) is 6.42 Å². The van der Waals surface area contributed by atoms with Gasteiger partial charge >= 0.3 is 0 Å². The third-order valence-corrected chi connectivity index (χ3v) is 4.11. The number of hydrogen-bond acceptors (Lipinski definition) is 4. The molecule has 7 heteroatoms. The van der Waals surface area contributed by atoms with Crippen LogP contribution in [0, 0.1) is 11.3 Å². The van der Waals surface area contributed by atoms with Crippen molar-refractivity contribution in [3.8, 4) is 6.07 Å². The van der Waals surface area contributed by atoms with Gasteiger partial charge in [-0.15, -0.1) is 0 Å². The van der Waals surface area contributed by atoms with Crippen molar-refractivity contribution in [1.82, 2.24) is 4.31 Å². The van der Waals surface area contributed by atoms with E-state index in [1.165, 1.54) is 6.92 Å². The predicted molar refractivity (Wildman–Crippen MR) is 59.7 cm³/mol. The largest absolute Gasteiger partial charge is 0.369 e. The number of carbonyl (C=O) groups excluding carboxylic acids is 1. The predicted octanol–water partition coefficient (Wildman–Crippen LogP) is -0.184. The molecule has 0 aromatic heterocycles. The van der Waals surface area contributed by atoms with Gasteiger partial charge in [0.05, 0.1) is 12.6 Å². The van der Waals surface area contributed by atoms with Gasteiger partial charge < -0.3 is 5.73 Å². The molecule has 0 rings (SSSR count). The number of nitriles is 1. The van der Waals surface area contributed by atoms with Crippen LogP contribution in [0.2, 0.25) is 0 Å². The second kappa shape index (κ2) is 6.45. The Morgan fingerprint density at radius 2 is 2.12 bits per heavy atom. The molecule has 0 bridgehead atoms. The fraction of sp³-hybridized carbons (Fsp3) is 0.778. The van der Waals surface area contributed by atoms with E-state index >= 15 is 0 Å². The van der Waals surface area contributed by atoms with Crippen LogP contribution in [0.15, 0.2) is 0 Å². The molecule has 0 aliphatic heterocycles. The van der Waals surface area contributed by atoms with Crippen LogP contribution in [-0.2, 0) is 14.8 Å². The van der Waals surface area contributed by atoms with Crippen molar-refractivity contribution >= 4 is 15.9 Å². The molecule has 0 aliphatic rings. The minimum absolute atomic E-state index is 0.216. The Balaban J connectivity index is 4.88. The highest BCUT2D eigenvalue weighted by molar-refractivity contribution is 7.90. The van der Waals surface area contributed by atoms with Crippen molar-refractivity contribution in [2.24, 2.45) is 5.73 Å². The number of nitrogens with zero attached hydrogens (tertiary/aromatic N) is 2. The molecule has 92 valence electrons. The van der Waals surface area contributed by atoms with E-state index in [1.807, 2.05) is 6.92 Å². The summed E-state index contributed by atoms with van der Waals surface area (Å²) in [5.41, 5.74) is 4.98. The zero-order chi connectivity index (χ0) is 12.8. The summed E-state index contributed by atoms with van der Waals surface area (Å²) in [7, 11) is -3.75. The molecule has 0 saturated heterocycles. The van der Waals surface area contributed by atoms with Crippen LogP contribution in [0.4, 0.5) is 0 Å². The van der Waals surface area contributed by atoms with Gasteiger partial charge in [-0.1, -0.05) is 13.3 Å². The lowest BCUT2D eigenvalue weighted by Crippen LogP contribution is -2.42. The molecule has 0 fully saturated rings. The van der Waals surface area contributed by atoms with Crippen molar-refractivity contribution in [2.45, 2.75) is 31.9 Å². The van der Waals surface area contributed by atoms with E-state index in [-0.39, 0.29) is 13.1 Å². The number of nitrogens with two attached hydrogens (primary N) is 1. The first-order valence-electron chi connectivity index (χ1n) is 5.03. The molecule has 1 unspecified atom stereocenters. The molecule has 0 saturated carbocycles. The van der Waals surface area contributed by atoms with Crippen LogP contribution in [-0.4, -0.2) is 37.0 Å². The summed E-state index contributed by atoms with van der Waals surface area (Å²) in [5.74, 6) is -0.718. The third-order valence-electron chi connectivity index (χ3n) is 2.08. The minimum Gasteiger partial charge on any atom is -0.369 e. The Morgan fingerprint density at radius 1 is 1.56 bits per heavy atom. The van der Waals surface area contributed by atoms with E-state index < -0.39 is 21.2 Å². The van der Waals surface area contributed by atoms with E-state index in [4.69, 9.17) is 11.0 Å². The fourth-order valence-corrected chi connectivity index (χ4v) is 2.37. The molecule has 0 radical (unpaired) electrons. The quantitative estimate of drug-likeness (QED) is 0.673. The molecule has 0 heterocycles. The van der Waals surface area contributed by atoms with Crippen molar-refractivity contribution < 1.29 is 13.2 Å². The number of amides is 1. The molecule has 0 spiro atoms. The molecular weight excluding hydrogens is 230 g/mol. The van der Waals surface area contributed by atoms with Crippen molar-refractivity contribution in [2.75, 3.05) is 13.1 Å². The molecule has 2 N–H and O–H groups in total. The second-order valence-electron chi connectivity index (χ2n) is 3.47. The Kier molecular flexibility index (Phi) is 6.00. The number of unbranched alkanes of at least 4 members (excludes halogenated alkanes) is 1. The number of carbonyl (C=O) groups is 1. The summed E-state index contributed by atoms with van der Waals surface area (Å²) < 4.78 is 24.6. The van der Waals surface area contributed by atoms with Gasteiger partial charge in [0, 0.05) is 6.54 Å². The lowest BCUT2D eigenvalue weighted by Gasteiger charge is -2.21. The van der Waals surface area contributed by atoms with Crippen LogP contribution in [0.1, 0.15) is 26.7 Å². The van der Waals surface area contributed by atoms with Gasteiger partial charge in [0.25, 0.3) is 0 Å². The first-order valence-corrected chi connectivity index (χ1v) is 6.53. The molecule has 1 amide bonds. The van der Waals surface area contributed by atoms with Crippen LogP contribution in [0.3, 0.4) is 0 Å². The van der Waals surface area contributed by atoms with E-state index in [1.54, 1.807) is 6.07 Å². The van der Waals surface area contributed by atoms with Gasteiger partial charge in [0.1, 0.15) is 0 Å². The number of hydrogen-bond donors (Lipinski definition) is 1. The number of rotatable bonds is 7. The lowest BCUT2D eigenvalue weighted by molar-refractivity contribution is -0.118. The molecule has 1 atom stereocenters. The first kappa shape index (κ1) is 14.9. The third kappa shape index (κ3) is 4.16. The maximum Gasteiger partial charge on any atom is 0.232 e. The normalized spacial score (nSPS) is 13.4. The van der Waals surface area contributed by atoms with Crippen molar-refractivity contribution in [3.05, 3.63) is 0 Å². The maximum absolute atomic E-state index is 11.8. The maximum atomic E-state index is 11.8. The second-order valence-corrected chi connectivity index (χ2v) is 5.72. The summed E-state index contributed by atoms with van der Waals surface area (Å²) >= 11 is 0. The topological polar surface area (TPSA) is 104 Å². The van der Waals surface area contributed by atoms with Gasteiger partial charge in [0.2, 0.25) is 15.9 Å². The van der Waals surface area contributed by atoms with Crippen LogP contribution in [0.5, 0.6) is 0 Å². The van der Waals surface area contributed by atoms with E-state index in [9.17, 15) is 13.2 Å². The number of sulfonamides is 1. The van der Waals surface area contributed by atoms with Gasteiger partial charge in [-0.3, -0.25) is 4.79 Å². The highest BCUT2D eigenvalue weighted by Gasteiger charge is 2.29. The Hall–Kier alpha value is -1.13. The van der Waals surface area contributed by atoms with E-state index in [0.717, 1.165) is 10.7 Å². The molecular formula is C9H17N3O3S. The minimum atomic E-state index is -3.75. The highest BCUT2D eigenvalue weighted by atomic mass is 32.2. The summed E-state index contributed by atoms with van der Waals surface area (Å²) in [6.07, 6.45) is 1.43. The average molecular weight is 247 g/mol. The Labute approximate surface area is 96.1 Å². The first-order chi connectivity index (χ1) is 7.36. The van der Waals surface area contributed by atoms with Gasteiger partial charge in [-0.2, -0.15) is 9.57 Å². The smallest absolute Gasteiger partial charge is 0.232 e. The van der Waals surface area contributed by atoms with Crippen LogP contribution >= 0.6 is 0 Å². The molecule has 0 aromatic carbocycles. The summed E-state index contributed by atoms with van der Waals surface area (Å²) in [6.45, 7) is 3.04. The zero-order valence-electron chi connectivity index (χ0n) is 9.51. The Bertz CT molecular complexity index is 372. The SMILES string of the molecule is CCCCN(CC(N)=O)S(=O)(=O)C(C)C#N. The average Bonchev–Trinajstić information content (AvgIpc) is 2.22. The van der Waals surface area contributed by atoms with Crippen LogP contribution < -0.4 is 5.73 Å². The lowest BCUT2D eigenvalue weighted by atomic mass is 10.3. The molecule has 0 aliphatic carbocycles. The van der Waals surface area contributed by atoms with Gasteiger partial charge in [0.15, 0.2) is 5.25 Å². The summed E-state index contributed by atoms with van der Waals surface area (Å²) in [4.78, 5) is 10.8. The highest BCUT2D eigenvalue weighted by Crippen LogP contribution is 2.09. The van der Waals surface area contributed by atoms with Gasteiger partial charge in [-0.25, -0.2) is 8.42 Å². The standard InChI is InChI=1S/C9H17N3O3S/c1-3-4-5-12(7-9(11)13)16(14,15)8(2)6-10/h8H,3-5,7H2,1-2H3,(H2,11,13). The van der Waals surface area contributed by atoms with Crippen molar-refractivity contribution in [3.63, 3.8) is 0 Å². The van der Waals surface area contributed by atoms with E-state index in [2.05, 4.69) is 0 Å². The monoisotopic (exact) mass is 247 g/mol. The van der Waals surface area contributed by atoms with Crippen molar-refractivity contribution in [1.29, 1.82) is 5.26 Å². The Morgan fingerprint density at radius 3 is 2.50 bits per heavy atom. The molecule has 0 aromatic rings. The van der Waals surface area contributed by atoms with Crippen LogP contribution in [0.25, 0.3) is 0 Å². The fourth-order valence-electron chi connectivity index (χ4n) is 1.09. The summed E-state index contributed by atoms with van der Waals surface area (Å²) in [6, 6.07) is 1.65.